The molecule has 1 saturated heterocycles. The van der Waals surface area contributed by atoms with E-state index in [4.69, 9.17) is 33.6 Å². The Hall–Kier alpha value is -2.47. The lowest BCUT2D eigenvalue weighted by molar-refractivity contribution is -0.725. The van der Waals surface area contributed by atoms with Crippen molar-refractivity contribution in [2.24, 2.45) is 0 Å². The van der Waals surface area contributed by atoms with Crippen molar-refractivity contribution in [1.29, 1.82) is 0 Å². The smallest absolute Gasteiger partial charge is 0.469 e. The number of phosphoric acid groups is 2. The molecule has 0 aliphatic carbocycles. The highest BCUT2D eigenvalue weighted by Gasteiger charge is 2.29. The van der Waals surface area contributed by atoms with E-state index in [0.717, 1.165) is 64.6 Å². The first-order valence-electron chi connectivity index (χ1n) is 34.5. The molecule has 0 amide bonds. The molecule has 2 rings (SSSR count). The SMILES string of the molecule is CCCCCCCCCCCCCCCCCCOCC(CC(CCCOP(=O)(O)O)[n+]1ccccc1)OC(=O)CC(C)=O.CCCCCCCCCCCCCCCCCCOCCCC(CC(COP(=O)([O-])O)OC(=O)CC(C)=O)N1CCCC1. The molecule has 0 bridgehead atoms. The summed E-state index contributed by atoms with van der Waals surface area (Å²) in [4.78, 5) is 87.7. The first-order valence-corrected chi connectivity index (χ1v) is 37.6. The number of nitrogens with zero attached hydrogens (tertiary/aromatic N) is 2. The fourth-order valence-electron chi connectivity index (χ4n) is 11.3. The molecule has 87 heavy (non-hydrogen) atoms. The number of Topliss-reactive ketones (excluding diaryl/α,β-unsaturated/α-hetero) is 2. The molecule has 20 heteroatoms. The van der Waals surface area contributed by atoms with Crippen LogP contribution in [0.1, 0.15) is 303 Å². The van der Waals surface area contributed by atoms with Crippen molar-refractivity contribution >= 4 is 39.2 Å². The van der Waals surface area contributed by atoms with Gasteiger partial charge >= 0.3 is 19.8 Å². The molecule has 2 heterocycles. The van der Waals surface area contributed by atoms with Crippen molar-refractivity contribution in [2.75, 3.05) is 52.7 Å². The lowest BCUT2D eigenvalue weighted by atomic mass is 10.0. The number of likely N-dealkylation sites (tertiary alicyclic amines) is 1. The van der Waals surface area contributed by atoms with Crippen molar-refractivity contribution in [3.05, 3.63) is 30.6 Å². The molecule has 1 aliphatic heterocycles. The fourth-order valence-corrected chi connectivity index (χ4v) is 12.0. The van der Waals surface area contributed by atoms with Crippen LogP contribution in [0.25, 0.3) is 0 Å². The predicted molar refractivity (Wildman–Crippen MR) is 343 cm³/mol. The summed E-state index contributed by atoms with van der Waals surface area (Å²) in [6, 6.07) is 5.62. The van der Waals surface area contributed by atoms with E-state index in [1.807, 2.05) is 35.2 Å². The minimum absolute atomic E-state index is 0.0603. The molecule has 1 fully saturated rings. The summed E-state index contributed by atoms with van der Waals surface area (Å²) in [5.74, 6) is -1.89. The number of unbranched alkanes of at least 4 members (excludes halogenated alkanes) is 30. The zero-order valence-corrected chi connectivity index (χ0v) is 56.8. The van der Waals surface area contributed by atoms with Crippen molar-refractivity contribution < 1.29 is 80.4 Å². The Labute approximate surface area is 527 Å². The van der Waals surface area contributed by atoms with Crippen molar-refractivity contribution in [2.45, 2.75) is 322 Å². The average molecular weight is 1280 g/mol. The minimum atomic E-state index is -4.96. The van der Waals surface area contributed by atoms with E-state index in [9.17, 15) is 33.2 Å². The predicted octanol–water partition coefficient (Wildman–Crippen LogP) is 15.2. The Morgan fingerprint density at radius 3 is 1.26 bits per heavy atom. The van der Waals surface area contributed by atoms with Crippen LogP contribution in [-0.2, 0) is 56.3 Å². The Bertz CT molecular complexity index is 1900. The van der Waals surface area contributed by atoms with E-state index in [1.165, 1.54) is 200 Å². The van der Waals surface area contributed by atoms with Crippen LogP contribution >= 0.6 is 15.6 Å². The third-order valence-electron chi connectivity index (χ3n) is 16.0. The van der Waals surface area contributed by atoms with E-state index in [2.05, 4.69) is 27.8 Å². The van der Waals surface area contributed by atoms with Crippen LogP contribution in [0, 0.1) is 0 Å². The molecule has 1 aromatic heterocycles. The molecule has 3 N–H and O–H groups in total. The Kier molecular flexibility index (Phi) is 53.4. The van der Waals surface area contributed by atoms with E-state index in [0.29, 0.717) is 38.9 Å². The number of carbonyl (C=O) groups is 4. The summed E-state index contributed by atoms with van der Waals surface area (Å²) in [5, 5.41) is 0. The first-order chi connectivity index (χ1) is 41.9. The quantitative estimate of drug-likeness (QED) is 0.0180. The molecule has 1 aliphatic rings. The number of esters is 2. The van der Waals surface area contributed by atoms with Crippen LogP contribution in [0.3, 0.4) is 0 Å². The second-order valence-electron chi connectivity index (χ2n) is 24.5. The molecule has 18 nitrogen and oxygen atoms in total. The van der Waals surface area contributed by atoms with Crippen molar-refractivity contribution in [3.8, 4) is 0 Å². The lowest BCUT2D eigenvalue weighted by Crippen LogP contribution is -2.42. The zero-order valence-electron chi connectivity index (χ0n) is 55.0. The van der Waals surface area contributed by atoms with Crippen LogP contribution < -0.4 is 9.46 Å². The normalized spacial score (nSPS) is 14.9. The number of hydrogen-bond donors (Lipinski definition) is 3. The first kappa shape index (κ1) is 82.5. The summed E-state index contributed by atoms with van der Waals surface area (Å²) < 4.78 is 56.2. The van der Waals surface area contributed by atoms with Gasteiger partial charge in [0.05, 0.1) is 19.8 Å². The van der Waals surface area contributed by atoms with Gasteiger partial charge in [0, 0.05) is 57.3 Å². The number of pyridine rings is 1. The van der Waals surface area contributed by atoms with Gasteiger partial charge in [-0.05, 0) is 71.9 Å². The van der Waals surface area contributed by atoms with Gasteiger partial charge in [-0.15, -0.1) is 0 Å². The number of hydrogen-bond acceptors (Lipinski definition) is 14. The van der Waals surface area contributed by atoms with Gasteiger partial charge in [0.15, 0.2) is 18.4 Å². The zero-order chi connectivity index (χ0) is 63.9. The van der Waals surface area contributed by atoms with Crippen molar-refractivity contribution in [3.63, 3.8) is 0 Å². The largest absolute Gasteiger partial charge is 0.756 e. The average Bonchev–Trinajstić information content (AvgIpc) is 4.20. The molecule has 0 spiro atoms. The maximum Gasteiger partial charge on any atom is 0.469 e. The van der Waals surface area contributed by atoms with Gasteiger partial charge in [-0.3, -0.25) is 28.3 Å². The summed E-state index contributed by atoms with van der Waals surface area (Å²) in [6.07, 6.45) is 49.8. The number of phosphoric ester groups is 2. The maximum atomic E-state index is 12.3. The number of ether oxygens (including phenoxy) is 4. The summed E-state index contributed by atoms with van der Waals surface area (Å²) in [6.45, 7) is 10.7. The summed E-state index contributed by atoms with van der Waals surface area (Å²) in [7, 11) is -9.49. The molecule has 0 radical (unpaired) electrons. The van der Waals surface area contributed by atoms with E-state index in [-0.39, 0.29) is 49.7 Å². The third kappa shape index (κ3) is 54.9. The van der Waals surface area contributed by atoms with Crippen LogP contribution in [0.2, 0.25) is 0 Å². The molecular weight excluding hydrogens is 1150 g/mol. The molecule has 1 aromatic rings. The van der Waals surface area contributed by atoms with Gasteiger partial charge in [-0.2, -0.15) is 0 Å². The monoisotopic (exact) mass is 1270 g/mol. The second-order valence-corrected chi connectivity index (χ2v) is 26.9. The third-order valence-corrected chi connectivity index (χ3v) is 17.0. The highest BCUT2D eigenvalue weighted by Crippen LogP contribution is 2.36. The summed E-state index contributed by atoms with van der Waals surface area (Å²) >= 11 is 0. The van der Waals surface area contributed by atoms with Crippen LogP contribution in [0.5, 0.6) is 0 Å². The number of aromatic nitrogens is 1. The van der Waals surface area contributed by atoms with Gasteiger partial charge in [-0.1, -0.05) is 213 Å². The Morgan fingerprint density at radius 2 is 0.862 bits per heavy atom. The molecule has 508 valence electrons. The van der Waals surface area contributed by atoms with E-state index >= 15 is 0 Å². The van der Waals surface area contributed by atoms with Gasteiger partial charge in [-0.25, -0.2) is 9.13 Å². The Morgan fingerprint density at radius 1 is 0.483 bits per heavy atom. The van der Waals surface area contributed by atoms with Crippen LogP contribution in [0.15, 0.2) is 30.6 Å². The maximum absolute atomic E-state index is 12.3. The van der Waals surface area contributed by atoms with Gasteiger partial charge < -0.3 is 47.9 Å². The molecular formula is C67H124N2O16P2. The minimum Gasteiger partial charge on any atom is -0.756 e. The van der Waals surface area contributed by atoms with E-state index < -0.39 is 46.4 Å². The van der Waals surface area contributed by atoms with Crippen LogP contribution in [0.4, 0.5) is 0 Å². The molecule has 0 aromatic carbocycles. The molecule has 0 saturated carbocycles. The fraction of sp³-hybridized carbons (Fsp3) is 0.866. The van der Waals surface area contributed by atoms with Crippen LogP contribution in [-0.4, -0.2) is 114 Å². The van der Waals surface area contributed by atoms with Gasteiger partial charge in [0.2, 0.25) is 0 Å². The number of ketones is 2. The second kappa shape index (κ2) is 56.3. The van der Waals surface area contributed by atoms with Gasteiger partial charge in [0.25, 0.3) is 7.82 Å². The van der Waals surface area contributed by atoms with Gasteiger partial charge in [0.1, 0.15) is 36.6 Å². The van der Waals surface area contributed by atoms with E-state index in [1.54, 1.807) is 0 Å². The lowest BCUT2D eigenvalue weighted by Gasteiger charge is -2.31. The highest BCUT2D eigenvalue weighted by molar-refractivity contribution is 7.46. The highest BCUT2D eigenvalue weighted by atomic mass is 31.2. The number of carbonyl (C=O) groups excluding carboxylic acids is 4. The molecule has 5 atom stereocenters. The number of rotatable bonds is 60. The molecule has 5 unspecified atom stereocenters. The van der Waals surface area contributed by atoms with Crippen molar-refractivity contribution in [1.82, 2.24) is 4.90 Å². The topological polar surface area (TPSA) is 249 Å². The standard InChI is InChI=1S/C34H60NO8P.C33H64NO8P/c1-3-4-5-6-7-8-9-10-11-12-13-14-15-16-17-21-26-41-30-33(43-34(37)28-31(2)36)29-32(35-24-19-18-20-25-35)23-22-27-42-44(38,39)40;1-3-4-5-6-7-8-9-10-11-12-13-14-15-16-17-20-25-40-26-21-22-31(34-23-18-19-24-34)28-32(29-41-43(37,38)39)42-33(36)27-30(2)35/h18-20,24-25,32-33H,3-17,21-23,26-30H2,1-2H3,(H-,38,39,40);31-32H,3-29H2,1-2H3,(H2,37,38,39). The summed E-state index contributed by atoms with van der Waals surface area (Å²) in [5.41, 5.74) is 0. The Balaban J connectivity index is 0.000000870.